The summed E-state index contributed by atoms with van der Waals surface area (Å²) in [6.45, 7) is 4.38. The average Bonchev–Trinajstić information content (AvgIpc) is 2.71. The molecular formula is C22H30N4O3. The summed E-state index contributed by atoms with van der Waals surface area (Å²) in [4.78, 5) is 22.9. The lowest BCUT2D eigenvalue weighted by Gasteiger charge is -2.50. The molecule has 2 aliphatic heterocycles. The third kappa shape index (κ3) is 3.53. The molecule has 1 aromatic carbocycles. The molecule has 0 radical (unpaired) electrons. The predicted molar refractivity (Wildman–Crippen MR) is 113 cm³/mol. The number of carbonyl (C=O) groups excluding carboxylic acids is 1. The number of aryl methyl sites for hydroxylation is 1. The molecule has 2 aromatic rings. The van der Waals surface area contributed by atoms with E-state index >= 15 is 0 Å². The van der Waals surface area contributed by atoms with Gasteiger partial charge < -0.3 is 24.9 Å². The quantitative estimate of drug-likeness (QED) is 0.809. The smallest absolute Gasteiger partial charge is 0.319 e. The summed E-state index contributed by atoms with van der Waals surface area (Å²) in [5.41, 5.74) is 2.09. The number of urea groups is 1. The maximum atomic E-state index is 12.4. The fraction of sp³-hybridized carbons (Fsp3) is 0.545. The highest BCUT2D eigenvalue weighted by Crippen LogP contribution is 2.38. The number of aliphatic hydroxyl groups is 2. The van der Waals surface area contributed by atoms with Crippen LogP contribution in [0.15, 0.2) is 24.3 Å². The van der Waals surface area contributed by atoms with Crippen molar-refractivity contribution in [1.29, 1.82) is 0 Å². The van der Waals surface area contributed by atoms with Crippen molar-refractivity contribution >= 4 is 22.8 Å². The fourth-order valence-electron chi connectivity index (χ4n) is 4.72. The molecule has 3 heterocycles. The van der Waals surface area contributed by atoms with Crippen molar-refractivity contribution in [2.75, 3.05) is 45.2 Å². The standard InChI is InChI=1S/C22H30N4O3/c1-15-5-4-6-16-11-17(14-27)20(23-19(15)16)25-9-7-22(29)8-10-26(13-18(22)12-25)21(28)24(2)3/h4-6,11,18,27,29H,7-10,12-14H2,1-3H3/t18-,22-/m1/s1. The lowest BCUT2D eigenvalue weighted by atomic mass is 9.75. The monoisotopic (exact) mass is 398 g/mol. The number of likely N-dealkylation sites (tertiary alicyclic amines) is 1. The number of aromatic nitrogens is 1. The summed E-state index contributed by atoms with van der Waals surface area (Å²) >= 11 is 0. The largest absolute Gasteiger partial charge is 0.392 e. The Hall–Kier alpha value is -2.38. The second kappa shape index (κ2) is 7.46. The minimum Gasteiger partial charge on any atom is -0.392 e. The number of benzene rings is 1. The number of piperidine rings is 2. The van der Waals surface area contributed by atoms with E-state index in [9.17, 15) is 15.0 Å². The van der Waals surface area contributed by atoms with Crippen molar-refractivity contribution in [3.8, 4) is 0 Å². The molecule has 0 aliphatic carbocycles. The van der Waals surface area contributed by atoms with Crippen molar-refractivity contribution in [3.05, 3.63) is 35.4 Å². The van der Waals surface area contributed by atoms with Gasteiger partial charge in [-0.2, -0.15) is 0 Å². The van der Waals surface area contributed by atoms with Crippen LogP contribution >= 0.6 is 0 Å². The molecule has 2 saturated heterocycles. The first-order valence-corrected chi connectivity index (χ1v) is 10.3. The molecule has 1 aromatic heterocycles. The van der Waals surface area contributed by atoms with Crippen LogP contribution in [0.4, 0.5) is 10.6 Å². The van der Waals surface area contributed by atoms with Crippen molar-refractivity contribution in [3.63, 3.8) is 0 Å². The minimum atomic E-state index is -0.744. The number of para-hydroxylation sites is 1. The van der Waals surface area contributed by atoms with Gasteiger partial charge in [0.05, 0.1) is 17.7 Å². The topological polar surface area (TPSA) is 80.1 Å². The molecule has 0 saturated carbocycles. The molecule has 0 bridgehead atoms. The Bertz CT molecular complexity index is 932. The molecule has 29 heavy (non-hydrogen) atoms. The van der Waals surface area contributed by atoms with Gasteiger partial charge in [-0.25, -0.2) is 9.78 Å². The highest BCUT2D eigenvalue weighted by molar-refractivity contribution is 5.84. The van der Waals surface area contributed by atoms with Crippen LogP contribution in [0.5, 0.6) is 0 Å². The van der Waals surface area contributed by atoms with E-state index in [-0.39, 0.29) is 18.6 Å². The second-order valence-electron chi connectivity index (χ2n) is 8.65. The summed E-state index contributed by atoms with van der Waals surface area (Å²) in [5, 5.41) is 22.2. The number of fused-ring (bicyclic) bond motifs is 2. The molecule has 2 N–H and O–H groups in total. The van der Waals surface area contributed by atoms with Gasteiger partial charge in [0, 0.05) is 57.1 Å². The predicted octanol–water partition coefficient (Wildman–Crippen LogP) is 1.98. The minimum absolute atomic E-state index is 0.0142. The zero-order chi connectivity index (χ0) is 20.8. The summed E-state index contributed by atoms with van der Waals surface area (Å²) in [5.74, 6) is 0.738. The molecule has 0 unspecified atom stereocenters. The fourth-order valence-corrected chi connectivity index (χ4v) is 4.72. The van der Waals surface area contributed by atoms with Crippen LogP contribution in [0.2, 0.25) is 0 Å². The molecule has 0 spiro atoms. The average molecular weight is 399 g/mol. The van der Waals surface area contributed by atoms with Gasteiger partial charge in [-0.05, 0) is 31.4 Å². The van der Waals surface area contributed by atoms with E-state index in [4.69, 9.17) is 4.98 Å². The van der Waals surface area contributed by atoms with E-state index in [2.05, 4.69) is 4.90 Å². The Morgan fingerprint density at radius 2 is 2.03 bits per heavy atom. The summed E-state index contributed by atoms with van der Waals surface area (Å²) in [6.07, 6.45) is 1.24. The first-order valence-electron chi connectivity index (χ1n) is 10.3. The Labute approximate surface area is 171 Å². The molecule has 4 rings (SSSR count). The van der Waals surface area contributed by atoms with Crippen LogP contribution in [0.25, 0.3) is 10.9 Å². The lowest BCUT2D eigenvalue weighted by Crippen LogP contribution is -2.61. The Kier molecular flexibility index (Phi) is 5.12. The van der Waals surface area contributed by atoms with Crippen LogP contribution in [-0.2, 0) is 6.61 Å². The summed E-state index contributed by atoms with van der Waals surface area (Å²) < 4.78 is 0. The number of hydrogen-bond acceptors (Lipinski definition) is 5. The molecule has 156 valence electrons. The maximum Gasteiger partial charge on any atom is 0.319 e. The number of hydrogen-bond donors (Lipinski definition) is 2. The van der Waals surface area contributed by atoms with Gasteiger partial charge in [-0.1, -0.05) is 18.2 Å². The van der Waals surface area contributed by atoms with E-state index in [1.807, 2.05) is 36.1 Å². The van der Waals surface area contributed by atoms with Crippen LogP contribution in [-0.4, -0.2) is 76.9 Å². The molecule has 2 atom stereocenters. The SMILES string of the molecule is Cc1cccc2cc(CO)c(N3CC[C@@]4(O)CCN(C(=O)N(C)C)C[C@H]4C3)nc12. The van der Waals surface area contributed by atoms with Gasteiger partial charge >= 0.3 is 6.03 Å². The Morgan fingerprint density at radius 3 is 2.76 bits per heavy atom. The third-order valence-corrected chi connectivity index (χ3v) is 6.50. The Balaban J connectivity index is 1.64. The van der Waals surface area contributed by atoms with Gasteiger partial charge in [0.15, 0.2) is 0 Å². The van der Waals surface area contributed by atoms with E-state index in [1.165, 1.54) is 0 Å². The third-order valence-electron chi connectivity index (χ3n) is 6.50. The van der Waals surface area contributed by atoms with Crippen molar-refractivity contribution in [2.45, 2.75) is 32.0 Å². The number of aliphatic hydroxyl groups excluding tert-OH is 1. The molecule has 2 aliphatic rings. The lowest BCUT2D eigenvalue weighted by molar-refractivity contribution is -0.0761. The summed E-state index contributed by atoms with van der Waals surface area (Å²) in [6, 6.07) is 8.05. The van der Waals surface area contributed by atoms with Crippen LogP contribution in [0, 0.1) is 12.8 Å². The second-order valence-corrected chi connectivity index (χ2v) is 8.65. The molecule has 2 amide bonds. The molecule has 7 nitrogen and oxygen atoms in total. The van der Waals surface area contributed by atoms with Crippen molar-refractivity contribution in [2.24, 2.45) is 5.92 Å². The maximum absolute atomic E-state index is 12.4. The number of anilines is 1. The van der Waals surface area contributed by atoms with Crippen LogP contribution in [0.1, 0.15) is 24.0 Å². The molecular weight excluding hydrogens is 368 g/mol. The highest BCUT2D eigenvalue weighted by Gasteiger charge is 2.46. The van der Waals surface area contributed by atoms with Crippen LogP contribution < -0.4 is 4.90 Å². The van der Waals surface area contributed by atoms with E-state index in [0.29, 0.717) is 39.0 Å². The molecule has 7 heteroatoms. The first-order chi connectivity index (χ1) is 13.8. The zero-order valence-corrected chi connectivity index (χ0v) is 17.4. The number of pyridine rings is 1. The van der Waals surface area contributed by atoms with Gasteiger partial charge in [-0.15, -0.1) is 0 Å². The van der Waals surface area contributed by atoms with Gasteiger partial charge in [0.2, 0.25) is 0 Å². The van der Waals surface area contributed by atoms with Crippen molar-refractivity contribution in [1.82, 2.24) is 14.8 Å². The van der Waals surface area contributed by atoms with Gasteiger partial charge in [0.25, 0.3) is 0 Å². The number of amides is 2. The summed E-state index contributed by atoms with van der Waals surface area (Å²) in [7, 11) is 3.51. The van der Waals surface area contributed by atoms with Gasteiger partial charge in [-0.3, -0.25) is 0 Å². The molecule has 2 fully saturated rings. The van der Waals surface area contributed by atoms with E-state index < -0.39 is 5.60 Å². The number of nitrogens with zero attached hydrogens (tertiary/aromatic N) is 4. The van der Waals surface area contributed by atoms with Gasteiger partial charge in [0.1, 0.15) is 5.82 Å². The number of rotatable bonds is 2. The zero-order valence-electron chi connectivity index (χ0n) is 17.4. The van der Waals surface area contributed by atoms with Crippen molar-refractivity contribution < 1.29 is 15.0 Å². The first kappa shape index (κ1) is 19.9. The van der Waals surface area contributed by atoms with Crippen LogP contribution in [0.3, 0.4) is 0 Å². The number of carbonyl (C=O) groups is 1. The highest BCUT2D eigenvalue weighted by atomic mass is 16.3. The Morgan fingerprint density at radius 1 is 1.28 bits per heavy atom. The van der Waals surface area contributed by atoms with E-state index in [1.54, 1.807) is 19.0 Å². The van der Waals surface area contributed by atoms with E-state index in [0.717, 1.165) is 27.8 Å². The normalized spacial score (nSPS) is 24.5.